The largest absolute Gasteiger partial charge is 0.497 e. The average Bonchev–Trinajstić information content (AvgIpc) is 3.22. The number of hydrogen-bond acceptors (Lipinski definition) is 5. The number of carbonyl (C=O) groups excluding carboxylic acids is 1. The van der Waals surface area contributed by atoms with E-state index in [0.29, 0.717) is 28.6 Å². The lowest BCUT2D eigenvalue weighted by Gasteiger charge is -2.08. The summed E-state index contributed by atoms with van der Waals surface area (Å²) in [6.07, 6.45) is 0. The molecule has 3 rings (SSSR count). The molecule has 0 radical (unpaired) electrons. The Morgan fingerprint density at radius 3 is 2.56 bits per heavy atom. The van der Waals surface area contributed by atoms with E-state index in [1.54, 1.807) is 32.4 Å². The molecule has 0 unspecified atom stereocenters. The summed E-state index contributed by atoms with van der Waals surface area (Å²) < 4.78 is 10.6. The van der Waals surface area contributed by atoms with Gasteiger partial charge in [-0.25, -0.2) is 5.43 Å². The maximum absolute atomic E-state index is 12.3. The number of hydrazone groups is 1. The Morgan fingerprint density at radius 1 is 1.07 bits per heavy atom. The molecule has 0 saturated carbocycles. The second-order valence-electron chi connectivity index (χ2n) is 5.74. The van der Waals surface area contributed by atoms with Gasteiger partial charge in [-0.2, -0.15) is 10.2 Å². The fourth-order valence-electron chi connectivity index (χ4n) is 2.52. The molecule has 0 spiro atoms. The molecule has 7 heteroatoms. The molecular formula is C20H20N4O3. The van der Waals surface area contributed by atoms with Gasteiger partial charge in [0.1, 0.15) is 17.2 Å². The van der Waals surface area contributed by atoms with Crippen LogP contribution in [0.5, 0.6) is 11.5 Å². The summed E-state index contributed by atoms with van der Waals surface area (Å²) in [7, 11) is 3.16. The zero-order valence-electron chi connectivity index (χ0n) is 15.3. The van der Waals surface area contributed by atoms with E-state index >= 15 is 0 Å². The molecule has 138 valence electrons. The lowest BCUT2D eigenvalue weighted by molar-refractivity contribution is 0.0950. The van der Waals surface area contributed by atoms with Crippen molar-refractivity contribution in [1.82, 2.24) is 15.6 Å². The molecule has 1 heterocycles. The number of benzene rings is 2. The van der Waals surface area contributed by atoms with Crippen LogP contribution in [0, 0.1) is 0 Å². The van der Waals surface area contributed by atoms with Crippen molar-refractivity contribution in [1.29, 1.82) is 0 Å². The van der Waals surface area contributed by atoms with Crippen molar-refractivity contribution in [3.63, 3.8) is 0 Å². The van der Waals surface area contributed by atoms with Crippen LogP contribution in [0.3, 0.4) is 0 Å². The van der Waals surface area contributed by atoms with Crippen molar-refractivity contribution in [2.45, 2.75) is 6.92 Å². The second-order valence-corrected chi connectivity index (χ2v) is 5.74. The highest BCUT2D eigenvalue weighted by atomic mass is 16.5. The molecule has 2 N–H and O–H groups in total. The van der Waals surface area contributed by atoms with Crippen LogP contribution in [-0.2, 0) is 0 Å². The first-order valence-corrected chi connectivity index (χ1v) is 8.30. The van der Waals surface area contributed by atoms with Gasteiger partial charge in [0.2, 0.25) is 0 Å². The van der Waals surface area contributed by atoms with Crippen LogP contribution in [0.25, 0.3) is 11.3 Å². The van der Waals surface area contributed by atoms with Crippen molar-refractivity contribution in [3.05, 3.63) is 65.9 Å². The highest BCUT2D eigenvalue weighted by molar-refractivity contribution is 6.00. The van der Waals surface area contributed by atoms with Gasteiger partial charge in [-0.05, 0) is 30.7 Å². The van der Waals surface area contributed by atoms with Crippen LogP contribution >= 0.6 is 0 Å². The number of rotatable bonds is 6. The molecule has 2 aromatic carbocycles. The highest BCUT2D eigenvalue weighted by Crippen LogP contribution is 2.32. The van der Waals surface area contributed by atoms with Crippen LogP contribution in [0.15, 0.2) is 59.7 Å². The topological polar surface area (TPSA) is 88.6 Å². The molecule has 7 nitrogen and oxygen atoms in total. The summed E-state index contributed by atoms with van der Waals surface area (Å²) in [4.78, 5) is 12.3. The van der Waals surface area contributed by atoms with Crippen molar-refractivity contribution in [2.24, 2.45) is 5.10 Å². The van der Waals surface area contributed by atoms with E-state index in [4.69, 9.17) is 9.47 Å². The summed E-state index contributed by atoms with van der Waals surface area (Å²) >= 11 is 0. The van der Waals surface area contributed by atoms with Crippen molar-refractivity contribution in [3.8, 4) is 22.8 Å². The predicted molar refractivity (Wildman–Crippen MR) is 103 cm³/mol. The Hall–Kier alpha value is -3.61. The van der Waals surface area contributed by atoms with Crippen LogP contribution in [-0.4, -0.2) is 36.0 Å². The van der Waals surface area contributed by atoms with Gasteiger partial charge in [0.25, 0.3) is 5.91 Å². The molecule has 0 aliphatic heterocycles. The van der Waals surface area contributed by atoms with E-state index in [9.17, 15) is 4.79 Å². The smallest absolute Gasteiger partial charge is 0.289 e. The number of ether oxygens (including phenoxy) is 2. The molecule has 0 fully saturated rings. The number of carbonyl (C=O) groups is 1. The second kappa shape index (κ2) is 8.18. The third kappa shape index (κ3) is 4.14. The van der Waals surface area contributed by atoms with Gasteiger partial charge in [-0.15, -0.1) is 0 Å². The summed E-state index contributed by atoms with van der Waals surface area (Å²) in [6, 6.07) is 16.6. The lowest BCUT2D eigenvalue weighted by Crippen LogP contribution is -2.19. The first-order valence-electron chi connectivity index (χ1n) is 8.30. The summed E-state index contributed by atoms with van der Waals surface area (Å²) in [6.45, 7) is 1.83. The Balaban J connectivity index is 1.77. The molecule has 3 aromatic rings. The number of methoxy groups -OCH3 is 2. The first kappa shape index (κ1) is 18.2. The third-order valence-corrected chi connectivity index (χ3v) is 4.02. The van der Waals surface area contributed by atoms with E-state index in [1.807, 2.05) is 43.3 Å². The summed E-state index contributed by atoms with van der Waals surface area (Å²) in [5, 5.41) is 11.1. The molecule has 0 aliphatic rings. The van der Waals surface area contributed by atoms with Gasteiger partial charge in [-0.1, -0.05) is 30.3 Å². The maximum Gasteiger partial charge on any atom is 0.289 e. The monoisotopic (exact) mass is 364 g/mol. The van der Waals surface area contributed by atoms with Crippen LogP contribution in [0.2, 0.25) is 0 Å². The van der Waals surface area contributed by atoms with Crippen molar-refractivity contribution in [2.75, 3.05) is 14.2 Å². The number of nitrogens with zero attached hydrogens (tertiary/aromatic N) is 2. The predicted octanol–water partition coefficient (Wildman–Crippen LogP) is 3.25. The van der Waals surface area contributed by atoms with Crippen molar-refractivity contribution < 1.29 is 14.3 Å². The normalized spacial score (nSPS) is 11.1. The van der Waals surface area contributed by atoms with Crippen molar-refractivity contribution >= 4 is 11.6 Å². The standard InChI is InChI=1S/C20H20N4O3/c1-13(14-7-5-4-6-8-14)21-24-20(25)18-12-17(22-23-18)16-10-9-15(26-2)11-19(16)27-3/h4-12H,1-3H3,(H,22,23)(H,24,25). The van der Waals surface area contributed by atoms with Gasteiger partial charge < -0.3 is 9.47 Å². The summed E-state index contributed by atoms with van der Waals surface area (Å²) in [5.74, 6) is 0.900. The van der Waals surface area contributed by atoms with Crippen LogP contribution in [0.4, 0.5) is 0 Å². The molecule has 0 atom stereocenters. The fraction of sp³-hybridized carbons (Fsp3) is 0.150. The first-order chi connectivity index (χ1) is 13.1. The molecule has 0 saturated heterocycles. The quantitative estimate of drug-likeness (QED) is 0.519. The highest BCUT2D eigenvalue weighted by Gasteiger charge is 2.14. The summed E-state index contributed by atoms with van der Waals surface area (Å²) in [5.41, 5.74) is 5.81. The average molecular weight is 364 g/mol. The SMILES string of the molecule is COc1ccc(-c2cc(C(=O)NN=C(C)c3ccccc3)[nH]n2)c(OC)c1. The van der Waals surface area contributed by atoms with E-state index in [1.165, 1.54) is 0 Å². The van der Waals surface area contributed by atoms with Crippen LogP contribution < -0.4 is 14.9 Å². The number of nitrogens with one attached hydrogen (secondary N) is 2. The molecule has 1 aromatic heterocycles. The number of amides is 1. The number of H-pyrrole nitrogens is 1. The Morgan fingerprint density at radius 2 is 1.85 bits per heavy atom. The van der Waals surface area contributed by atoms with E-state index in [2.05, 4.69) is 20.7 Å². The lowest BCUT2D eigenvalue weighted by atomic mass is 10.1. The van der Waals surface area contributed by atoms with Crippen LogP contribution in [0.1, 0.15) is 23.0 Å². The molecule has 1 amide bonds. The van der Waals surface area contributed by atoms with Gasteiger partial charge in [0.15, 0.2) is 0 Å². The fourth-order valence-corrected chi connectivity index (χ4v) is 2.52. The third-order valence-electron chi connectivity index (χ3n) is 4.02. The minimum atomic E-state index is -0.378. The van der Waals surface area contributed by atoms with Gasteiger partial charge in [0.05, 0.1) is 25.6 Å². The minimum absolute atomic E-state index is 0.299. The number of aromatic amines is 1. The number of aromatic nitrogens is 2. The van der Waals surface area contributed by atoms with E-state index < -0.39 is 0 Å². The van der Waals surface area contributed by atoms with E-state index in [0.717, 1.165) is 11.1 Å². The molecule has 27 heavy (non-hydrogen) atoms. The number of hydrogen-bond donors (Lipinski definition) is 2. The molecule has 0 bridgehead atoms. The van der Waals surface area contributed by atoms with E-state index in [-0.39, 0.29) is 5.91 Å². The minimum Gasteiger partial charge on any atom is -0.497 e. The zero-order chi connectivity index (χ0) is 19.2. The molecular weight excluding hydrogens is 344 g/mol. The Labute approximate surface area is 157 Å². The Bertz CT molecular complexity index is 964. The molecule has 0 aliphatic carbocycles. The van der Waals surface area contributed by atoms with Gasteiger partial charge in [0, 0.05) is 11.6 Å². The Kier molecular flexibility index (Phi) is 5.51. The zero-order valence-corrected chi connectivity index (χ0v) is 15.3. The van der Waals surface area contributed by atoms with Gasteiger partial charge in [-0.3, -0.25) is 9.89 Å². The maximum atomic E-state index is 12.3. The van der Waals surface area contributed by atoms with Gasteiger partial charge >= 0.3 is 0 Å².